The topological polar surface area (TPSA) is 49.4 Å². The molecule has 0 spiro atoms. The summed E-state index contributed by atoms with van der Waals surface area (Å²) in [6.07, 6.45) is 4.08. The Hall–Kier alpha value is -1.84. The van der Waals surface area contributed by atoms with Crippen molar-refractivity contribution >= 4 is 17.5 Å². The predicted octanol–water partition coefficient (Wildman–Crippen LogP) is 3.30. The van der Waals surface area contributed by atoms with Crippen LogP contribution in [0.3, 0.4) is 0 Å². The van der Waals surface area contributed by atoms with Gasteiger partial charge in [-0.25, -0.2) is 0 Å². The lowest BCUT2D eigenvalue weighted by Crippen LogP contribution is -2.31. The number of carbonyl (C=O) groups is 2. The SMILES string of the molecule is CCCCN(CC)C(=O)c1ccc(NC(=O)C2CC2)cc1. The second-order valence-corrected chi connectivity index (χ2v) is 5.58. The fraction of sp³-hybridized carbons (Fsp3) is 0.529. The van der Waals surface area contributed by atoms with Gasteiger partial charge in [0, 0.05) is 30.3 Å². The van der Waals surface area contributed by atoms with E-state index in [1.807, 2.05) is 11.8 Å². The second-order valence-electron chi connectivity index (χ2n) is 5.58. The van der Waals surface area contributed by atoms with Crippen LogP contribution in [-0.4, -0.2) is 29.8 Å². The molecule has 0 aromatic heterocycles. The minimum absolute atomic E-state index is 0.0611. The maximum Gasteiger partial charge on any atom is 0.253 e. The molecule has 21 heavy (non-hydrogen) atoms. The van der Waals surface area contributed by atoms with E-state index in [0.29, 0.717) is 5.56 Å². The summed E-state index contributed by atoms with van der Waals surface area (Å²) in [5, 5.41) is 2.88. The molecule has 0 radical (unpaired) electrons. The minimum Gasteiger partial charge on any atom is -0.339 e. The van der Waals surface area contributed by atoms with E-state index >= 15 is 0 Å². The van der Waals surface area contributed by atoms with Crippen LogP contribution in [0, 0.1) is 5.92 Å². The molecule has 2 amide bonds. The summed E-state index contributed by atoms with van der Waals surface area (Å²) in [6, 6.07) is 7.20. The highest BCUT2D eigenvalue weighted by molar-refractivity contribution is 5.96. The number of nitrogens with one attached hydrogen (secondary N) is 1. The van der Waals surface area contributed by atoms with E-state index in [9.17, 15) is 9.59 Å². The van der Waals surface area contributed by atoms with E-state index < -0.39 is 0 Å². The van der Waals surface area contributed by atoms with Crippen molar-refractivity contribution in [1.29, 1.82) is 0 Å². The third-order valence-corrected chi connectivity index (χ3v) is 3.80. The van der Waals surface area contributed by atoms with Gasteiger partial charge in [0.1, 0.15) is 0 Å². The van der Waals surface area contributed by atoms with Gasteiger partial charge in [-0.15, -0.1) is 0 Å². The Morgan fingerprint density at radius 3 is 2.38 bits per heavy atom. The standard InChI is InChI=1S/C17H24N2O2/c1-3-5-12-19(4-2)17(21)14-8-10-15(11-9-14)18-16(20)13-6-7-13/h8-11,13H,3-7,12H2,1-2H3,(H,18,20). The molecular formula is C17H24N2O2. The molecular weight excluding hydrogens is 264 g/mol. The summed E-state index contributed by atoms with van der Waals surface area (Å²) >= 11 is 0. The Balaban J connectivity index is 1.96. The Morgan fingerprint density at radius 2 is 1.86 bits per heavy atom. The third kappa shape index (κ3) is 4.31. The first-order chi connectivity index (χ1) is 10.2. The molecule has 0 bridgehead atoms. The Morgan fingerprint density at radius 1 is 1.19 bits per heavy atom. The van der Waals surface area contributed by atoms with E-state index in [-0.39, 0.29) is 17.7 Å². The summed E-state index contributed by atoms with van der Waals surface area (Å²) in [4.78, 5) is 25.9. The Kier molecular flexibility index (Phi) is 5.37. The summed E-state index contributed by atoms with van der Waals surface area (Å²) < 4.78 is 0. The molecule has 0 atom stereocenters. The van der Waals surface area contributed by atoms with Crippen LogP contribution in [0.5, 0.6) is 0 Å². The van der Waals surface area contributed by atoms with Crippen molar-refractivity contribution in [1.82, 2.24) is 4.90 Å². The van der Waals surface area contributed by atoms with Gasteiger partial charge in [0.05, 0.1) is 0 Å². The number of amides is 2. The van der Waals surface area contributed by atoms with E-state index in [2.05, 4.69) is 12.2 Å². The van der Waals surface area contributed by atoms with Gasteiger partial charge in [0.2, 0.25) is 5.91 Å². The first kappa shape index (κ1) is 15.5. The minimum atomic E-state index is 0.0611. The van der Waals surface area contributed by atoms with Crippen LogP contribution in [0.25, 0.3) is 0 Å². The average molecular weight is 288 g/mol. The number of rotatable bonds is 7. The third-order valence-electron chi connectivity index (χ3n) is 3.80. The highest BCUT2D eigenvalue weighted by Crippen LogP contribution is 2.30. The number of nitrogens with zero attached hydrogens (tertiary/aromatic N) is 1. The molecule has 1 aliphatic rings. The number of benzene rings is 1. The summed E-state index contributed by atoms with van der Waals surface area (Å²) in [5.74, 6) is 0.342. The highest BCUT2D eigenvalue weighted by atomic mass is 16.2. The van der Waals surface area contributed by atoms with Crippen molar-refractivity contribution in [3.63, 3.8) is 0 Å². The first-order valence-corrected chi connectivity index (χ1v) is 7.86. The molecule has 1 N–H and O–H groups in total. The Bertz CT molecular complexity index is 492. The fourth-order valence-corrected chi connectivity index (χ4v) is 2.22. The monoisotopic (exact) mass is 288 g/mol. The van der Waals surface area contributed by atoms with Crippen LogP contribution < -0.4 is 5.32 Å². The molecule has 1 fully saturated rings. The molecule has 1 aromatic carbocycles. The molecule has 0 heterocycles. The number of hydrogen-bond acceptors (Lipinski definition) is 2. The van der Waals surface area contributed by atoms with Crippen LogP contribution in [0.4, 0.5) is 5.69 Å². The Labute approximate surface area is 126 Å². The van der Waals surface area contributed by atoms with Gasteiger partial charge in [-0.3, -0.25) is 9.59 Å². The number of anilines is 1. The van der Waals surface area contributed by atoms with Gasteiger partial charge >= 0.3 is 0 Å². The van der Waals surface area contributed by atoms with Crippen molar-refractivity contribution in [2.45, 2.75) is 39.5 Å². The van der Waals surface area contributed by atoms with Gasteiger partial charge in [-0.1, -0.05) is 13.3 Å². The molecule has 1 aromatic rings. The van der Waals surface area contributed by atoms with Gasteiger partial charge in [-0.2, -0.15) is 0 Å². The van der Waals surface area contributed by atoms with Crippen LogP contribution in [0.1, 0.15) is 49.9 Å². The molecule has 4 heteroatoms. The van der Waals surface area contributed by atoms with Gasteiger partial charge in [0.25, 0.3) is 5.91 Å². The normalized spacial score (nSPS) is 13.8. The van der Waals surface area contributed by atoms with Crippen LogP contribution in [0.2, 0.25) is 0 Å². The van der Waals surface area contributed by atoms with E-state index in [0.717, 1.165) is 44.5 Å². The zero-order valence-electron chi connectivity index (χ0n) is 12.9. The number of hydrogen-bond donors (Lipinski definition) is 1. The van der Waals surface area contributed by atoms with Gasteiger partial charge in [-0.05, 0) is 50.5 Å². The van der Waals surface area contributed by atoms with E-state index in [4.69, 9.17) is 0 Å². The molecule has 2 rings (SSSR count). The smallest absolute Gasteiger partial charge is 0.253 e. The molecule has 1 aliphatic carbocycles. The van der Waals surface area contributed by atoms with Crippen LogP contribution in [0.15, 0.2) is 24.3 Å². The molecule has 0 saturated heterocycles. The molecule has 4 nitrogen and oxygen atoms in total. The fourth-order valence-electron chi connectivity index (χ4n) is 2.22. The summed E-state index contributed by atoms with van der Waals surface area (Å²) in [7, 11) is 0. The molecule has 1 saturated carbocycles. The van der Waals surface area contributed by atoms with E-state index in [1.165, 1.54) is 0 Å². The summed E-state index contributed by atoms with van der Waals surface area (Å²) in [5.41, 5.74) is 1.44. The van der Waals surface area contributed by atoms with Crippen LogP contribution in [-0.2, 0) is 4.79 Å². The second kappa shape index (κ2) is 7.25. The van der Waals surface area contributed by atoms with Gasteiger partial charge < -0.3 is 10.2 Å². The van der Waals surface area contributed by atoms with Crippen molar-refractivity contribution < 1.29 is 9.59 Å². The van der Waals surface area contributed by atoms with Crippen LogP contribution >= 0.6 is 0 Å². The maximum atomic E-state index is 12.4. The zero-order valence-corrected chi connectivity index (χ0v) is 12.9. The average Bonchev–Trinajstić information content (AvgIpc) is 3.33. The zero-order chi connectivity index (χ0) is 15.2. The molecule has 0 unspecified atom stereocenters. The first-order valence-electron chi connectivity index (χ1n) is 7.86. The van der Waals surface area contributed by atoms with Gasteiger partial charge in [0.15, 0.2) is 0 Å². The molecule has 114 valence electrons. The lowest BCUT2D eigenvalue weighted by atomic mass is 10.1. The summed E-state index contributed by atoms with van der Waals surface area (Å²) in [6.45, 7) is 5.64. The van der Waals surface area contributed by atoms with Crippen molar-refractivity contribution in [2.24, 2.45) is 5.92 Å². The van der Waals surface area contributed by atoms with E-state index in [1.54, 1.807) is 24.3 Å². The lowest BCUT2D eigenvalue weighted by molar-refractivity contribution is -0.117. The highest BCUT2D eigenvalue weighted by Gasteiger charge is 2.29. The quantitative estimate of drug-likeness (QED) is 0.837. The molecule has 0 aliphatic heterocycles. The van der Waals surface area contributed by atoms with Crippen molar-refractivity contribution in [3.05, 3.63) is 29.8 Å². The maximum absolute atomic E-state index is 12.4. The lowest BCUT2D eigenvalue weighted by Gasteiger charge is -2.20. The van der Waals surface area contributed by atoms with Crippen molar-refractivity contribution in [2.75, 3.05) is 18.4 Å². The largest absolute Gasteiger partial charge is 0.339 e. The predicted molar refractivity (Wildman–Crippen MR) is 84.3 cm³/mol. The number of carbonyl (C=O) groups excluding carboxylic acids is 2. The van der Waals surface area contributed by atoms with Crippen molar-refractivity contribution in [3.8, 4) is 0 Å². The number of unbranched alkanes of at least 4 members (excludes halogenated alkanes) is 1.